The highest BCUT2D eigenvalue weighted by molar-refractivity contribution is 5.54. The minimum absolute atomic E-state index is 0.134. The molecule has 4 heteroatoms. The van der Waals surface area contributed by atoms with Gasteiger partial charge < -0.3 is 15.0 Å². The van der Waals surface area contributed by atoms with Gasteiger partial charge in [-0.3, -0.25) is 0 Å². The molecule has 19 heavy (non-hydrogen) atoms. The van der Waals surface area contributed by atoms with Crippen molar-refractivity contribution in [2.45, 2.75) is 25.3 Å². The molecule has 2 aliphatic rings. The van der Waals surface area contributed by atoms with Crippen molar-refractivity contribution in [1.82, 2.24) is 5.32 Å². The first-order valence-electron chi connectivity index (χ1n) is 7.17. The van der Waals surface area contributed by atoms with Gasteiger partial charge in [0.15, 0.2) is 0 Å². The first-order chi connectivity index (χ1) is 9.33. The van der Waals surface area contributed by atoms with Gasteiger partial charge in [0.25, 0.3) is 0 Å². The van der Waals surface area contributed by atoms with E-state index >= 15 is 0 Å². The topological polar surface area (TPSA) is 24.5 Å². The normalized spacial score (nSPS) is 23.8. The molecule has 3 rings (SSSR count). The maximum atomic E-state index is 13.5. The highest BCUT2D eigenvalue weighted by Gasteiger charge is 2.20. The minimum Gasteiger partial charge on any atom is -0.378 e. The Morgan fingerprint density at radius 3 is 2.89 bits per heavy atom. The Labute approximate surface area is 113 Å². The number of ether oxygens (including phenoxy) is 1. The quantitative estimate of drug-likeness (QED) is 0.903. The summed E-state index contributed by atoms with van der Waals surface area (Å²) in [6, 6.07) is 5.69. The summed E-state index contributed by atoms with van der Waals surface area (Å²) >= 11 is 0. The Hall–Kier alpha value is -1.13. The summed E-state index contributed by atoms with van der Waals surface area (Å²) in [5.41, 5.74) is 2.31. The summed E-state index contributed by atoms with van der Waals surface area (Å²) in [4.78, 5) is 2.31. The molecule has 0 saturated carbocycles. The summed E-state index contributed by atoms with van der Waals surface area (Å²) in [7, 11) is 0. The van der Waals surface area contributed by atoms with Crippen LogP contribution in [-0.4, -0.2) is 38.9 Å². The van der Waals surface area contributed by atoms with Crippen LogP contribution in [0.25, 0.3) is 0 Å². The highest BCUT2D eigenvalue weighted by Crippen LogP contribution is 2.25. The highest BCUT2D eigenvalue weighted by atomic mass is 19.1. The van der Waals surface area contributed by atoms with E-state index in [0.717, 1.165) is 44.8 Å². The standard InChI is InChI=1S/C15H21FN2O/c16-13-3-4-15(18-6-8-19-9-7-18)12(10-13)11-14-2-1-5-17-14/h3-4,10,14,17H,1-2,5-9,11H2. The summed E-state index contributed by atoms with van der Waals surface area (Å²) in [5, 5.41) is 3.49. The van der Waals surface area contributed by atoms with E-state index in [1.807, 2.05) is 6.07 Å². The van der Waals surface area contributed by atoms with Gasteiger partial charge in [0.2, 0.25) is 0 Å². The van der Waals surface area contributed by atoms with Gasteiger partial charge >= 0.3 is 0 Å². The first-order valence-corrected chi connectivity index (χ1v) is 7.17. The lowest BCUT2D eigenvalue weighted by molar-refractivity contribution is 0.122. The van der Waals surface area contributed by atoms with Gasteiger partial charge in [-0.1, -0.05) is 0 Å². The molecule has 2 fully saturated rings. The maximum absolute atomic E-state index is 13.5. The van der Waals surface area contributed by atoms with E-state index in [4.69, 9.17) is 4.74 Å². The monoisotopic (exact) mass is 264 g/mol. The number of nitrogens with zero attached hydrogens (tertiary/aromatic N) is 1. The zero-order chi connectivity index (χ0) is 13.1. The minimum atomic E-state index is -0.134. The molecule has 0 amide bonds. The molecular formula is C15H21FN2O. The van der Waals surface area contributed by atoms with Crippen LogP contribution in [0.4, 0.5) is 10.1 Å². The molecule has 0 aromatic heterocycles. The van der Waals surface area contributed by atoms with Crippen LogP contribution in [0.1, 0.15) is 18.4 Å². The Bertz CT molecular complexity index is 426. The average molecular weight is 264 g/mol. The summed E-state index contributed by atoms with van der Waals surface area (Å²) in [6.45, 7) is 4.41. The second-order valence-electron chi connectivity index (χ2n) is 5.37. The van der Waals surface area contributed by atoms with Crippen molar-refractivity contribution in [3.8, 4) is 0 Å². The molecule has 104 valence electrons. The summed E-state index contributed by atoms with van der Waals surface area (Å²) in [6.07, 6.45) is 3.34. The van der Waals surface area contributed by atoms with Gasteiger partial charge in [-0.2, -0.15) is 0 Å². The molecule has 0 spiro atoms. The van der Waals surface area contributed by atoms with E-state index in [1.54, 1.807) is 12.1 Å². The Morgan fingerprint density at radius 1 is 1.32 bits per heavy atom. The lowest BCUT2D eigenvalue weighted by atomic mass is 10.0. The van der Waals surface area contributed by atoms with Crippen LogP contribution in [0.3, 0.4) is 0 Å². The van der Waals surface area contributed by atoms with Gasteiger partial charge in [-0.15, -0.1) is 0 Å². The van der Waals surface area contributed by atoms with Crippen molar-refractivity contribution < 1.29 is 9.13 Å². The fourth-order valence-corrected chi connectivity index (χ4v) is 3.03. The maximum Gasteiger partial charge on any atom is 0.123 e. The molecule has 0 radical (unpaired) electrons. The van der Waals surface area contributed by atoms with Crippen molar-refractivity contribution in [3.05, 3.63) is 29.6 Å². The molecule has 1 atom stereocenters. The number of benzene rings is 1. The molecule has 0 bridgehead atoms. The largest absolute Gasteiger partial charge is 0.378 e. The van der Waals surface area contributed by atoms with Crippen molar-refractivity contribution in [3.63, 3.8) is 0 Å². The molecule has 1 aromatic rings. The number of halogens is 1. The van der Waals surface area contributed by atoms with Crippen molar-refractivity contribution in [2.24, 2.45) is 0 Å². The molecule has 1 aromatic carbocycles. The van der Waals surface area contributed by atoms with Gasteiger partial charge in [0.05, 0.1) is 13.2 Å². The van der Waals surface area contributed by atoms with Crippen molar-refractivity contribution in [2.75, 3.05) is 37.7 Å². The Kier molecular flexibility index (Phi) is 3.99. The fraction of sp³-hybridized carbons (Fsp3) is 0.600. The SMILES string of the molecule is Fc1ccc(N2CCOCC2)c(CC2CCCN2)c1. The van der Waals surface area contributed by atoms with E-state index in [1.165, 1.54) is 18.5 Å². The molecule has 2 aliphatic heterocycles. The van der Waals surface area contributed by atoms with Gasteiger partial charge in [0, 0.05) is 24.8 Å². The molecule has 2 saturated heterocycles. The van der Waals surface area contributed by atoms with Crippen LogP contribution in [0, 0.1) is 5.82 Å². The third-order valence-corrected chi connectivity index (χ3v) is 4.02. The molecule has 2 heterocycles. The van der Waals surface area contributed by atoms with E-state index in [2.05, 4.69) is 10.2 Å². The molecular weight excluding hydrogens is 243 g/mol. The van der Waals surface area contributed by atoms with E-state index < -0.39 is 0 Å². The van der Waals surface area contributed by atoms with Crippen molar-refractivity contribution >= 4 is 5.69 Å². The van der Waals surface area contributed by atoms with Crippen LogP contribution in [-0.2, 0) is 11.2 Å². The second-order valence-corrected chi connectivity index (χ2v) is 5.37. The molecule has 1 N–H and O–H groups in total. The third-order valence-electron chi connectivity index (χ3n) is 4.02. The second kappa shape index (κ2) is 5.88. The lowest BCUT2D eigenvalue weighted by Crippen LogP contribution is -2.37. The van der Waals surface area contributed by atoms with Gasteiger partial charge in [-0.25, -0.2) is 4.39 Å². The van der Waals surface area contributed by atoms with Crippen molar-refractivity contribution in [1.29, 1.82) is 0 Å². The van der Waals surface area contributed by atoms with Crippen LogP contribution in [0.2, 0.25) is 0 Å². The molecule has 0 aliphatic carbocycles. The fourth-order valence-electron chi connectivity index (χ4n) is 3.03. The third kappa shape index (κ3) is 3.07. The zero-order valence-corrected chi connectivity index (χ0v) is 11.2. The Balaban J connectivity index is 1.80. The van der Waals surface area contributed by atoms with Crippen LogP contribution >= 0.6 is 0 Å². The molecule has 3 nitrogen and oxygen atoms in total. The number of hydrogen-bond donors (Lipinski definition) is 1. The van der Waals surface area contributed by atoms with E-state index in [0.29, 0.717) is 6.04 Å². The predicted octanol–water partition coefficient (Wildman–Crippen LogP) is 1.96. The average Bonchev–Trinajstić information content (AvgIpc) is 2.93. The smallest absolute Gasteiger partial charge is 0.123 e. The first kappa shape index (κ1) is 12.9. The van der Waals surface area contributed by atoms with E-state index in [9.17, 15) is 4.39 Å². The number of nitrogens with one attached hydrogen (secondary N) is 1. The predicted molar refractivity (Wildman–Crippen MR) is 74.2 cm³/mol. The number of anilines is 1. The van der Waals surface area contributed by atoms with E-state index in [-0.39, 0.29) is 5.82 Å². The van der Waals surface area contributed by atoms with Gasteiger partial charge in [0.1, 0.15) is 5.82 Å². The molecule has 1 unspecified atom stereocenters. The number of rotatable bonds is 3. The zero-order valence-electron chi connectivity index (χ0n) is 11.2. The number of morpholine rings is 1. The van der Waals surface area contributed by atoms with Crippen LogP contribution in [0.15, 0.2) is 18.2 Å². The lowest BCUT2D eigenvalue weighted by Gasteiger charge is -2.31. The summed E-state index contributed by atoms with van der Waals surface area (Å²) < 4.78 is 18.9. The number of hydrogen-bond acceptors (Lipinski definition) is 3. The van der Waals surface area contributed by atoms with Gasteiger partial charge in [-0.05, 0) is 49.6 Å². The van der Waals surface area contributed by atoms with Crippen LogP contribution < -0.4 is 10.2 Å². The Morgan fingerprint density at radius 2 is 2.16 bits per heavy atom. The summed E-state index contributed by atoms with van der Waals surface area (Å²) in [5.74, 6) is -0.134. The van der Waals surface area contributed by atoms with Crippen LogP contribution in [0.5, 0.6) is 0 Å².